The number of nitrogens with one attached hydrogen (secondary N) is 2. The number of nitrogens with zero attached hydrogens (tertiary/aromatic N) is 2. The first-order valence-corrected chi connectivity index (χ1v) is 6.88. The molecule has 0 atom stereocenters. The Morgan fingerprint density at radius 2 is 2.10 bits per heavy atom. The molecule has 0 bridgehead atoms. The quantitative estimate of drug-likeness (QED) is 0.859. The van der Waals surface area contributed by atoms with Crippen molar-refractivity contribution in [2.24, 2.45) is 0 Å². The molecule has 0 unspecified atom stereocenters. The van der Waals surface area contributed by atoms with Crippen molar-refractivity contribution in [1.82, 2.24) is 9.97 Å². The van der Waals surface area contributed by atoms with Gasteiger partial charge in [0.1, 0.15) is 5.82 Å². The van der Waals surface area contributed by atoms with Crippen LogP contribution in [0.1, 0.15) is 13.3 Å². The highest BCUT2D eigenvalue weighted by molar-refractivity contribution is 9.10. The molecule has 2 rings (SSSR count). The molecule has 0 fully saturated rings. The van der Waals surface area contributed by atoms with Crippen LogP contribution in [0.25, 0.3) is 0 Å². The highest BCUT2D eigenvalue weighted by Gasteiger charge is 2.11. The van der Waals surface area contributed by atoms with Crippen LogP contribution in [0.2, 0.25) is 0 Å². The number of aromatic nitrogens is 2. The zero-order valence-electron chi connectivity index (χ0n) is 10.8. The first-order valence-electron chi connectivity index (χ1n) is 6.09. The molecule has 0 saturated heterocycles. The minimum atomic E-state index is -0.943. The van der Waals surface area contributed by atoms with Crippen LogP contribution in [-0.2, 0) is 0 Å². The standard InChI is InChI=1S/C13H13BrF2N4/c1-2-6-17-13-18-7-8(14)12(20-13)19-10-5-3-4-9(15)11(10)16/h3-5,7H,2,6H2,1H3,(H2,17,18,19,20). The number of benzene rings is 1. The molecule has 0 aliphatic rings. The Morgan fingerprint density at radius 3 is 2.85 bits per heavy atom. The van der Waals surface area contributed by atoms with Crippen LogP contribution in [-0.4, -0.2) is 16.5 Å². The van der Waals surface area contributed by atoms with Crippen LogP contribution in [0.3, 0.4) is 0 Å². The van der Waals surface area contributed by atoms with E-state index >= 15 is 0 Å². The summed E-state index contributed by atoms with van der Waals surface area (Å²) in [6.45, 7) is 2.75. The maximum absolute atomic E-state index is 13.6. The summed E-state index contributed by atoms with van der Waals surface area (Å²) in [6.07, 6.45) is 2.48. The number of hydrogen-bond acceptors (Lipinski definition) is 4. The largest absolute Gasteiger partial charge is 0.354 e. The van der Waals surface area contributed by atoms with Crippen LogP contribution in [0.4, 0.5) is 26.2 Å². The van der Waals surface area contributed by atoms with Crippen molar-refractivity contribution < 1.29 is 8.78 Å². The lowest BCUT2D eigenvalue weighted by molar-refractivity contribution is 0.511. The van der Waals surface area contributed by atoms with Gasteiger partial charge in [-0.25, -0.2) is 13.8 Å². The Morgan fingerprint density at radius 1 is 1.30 bits per heavy atom. The van der Waals surface area contributed by atoms with Gasteiger partial charge in [0.2, 0.25) is 5.95 Å². The maximum Gasteiger partial charge on any atom is 0.224 e. The van der Waals surface area contributed by atoms with E-state index in [-0.39, 0.29) is 5.69 Å². The molecule has 0 saturated carbocycles. The third-order valence-corrected chi connectivity index (χ3v) is 3.06. The summed E-state index contributed by atoms with van der Waals surface area (Å²) >= 11 is 3.27. The number of halogens is 3. The molecule has 106 valence electrons. The summed E-state index contributed by atoms with van der Waals surface area (Å²) in [4.78, 5) is 8.29. The second-order valence-electron chi connectivity index (χ2n) is 4.04. The molecule has 4 nitrogen and oxygen atoms in total. The van der Waals surface area contributed by atoms with E-state index in [0.717, 1.165) is 19.0 Å². The van der Waals surface area contributed by atoms with Gasteiger partial charge in [0, 0.05) is 12.7 Å². The number of hydrogen-bond donors (Lipinski definition) is 2. The molecule has 0 radical (unpaired) electrons. The molecule has 1 heterocycles. The first-order chi connectivity index (χ1) is 9.61. The summed E-state index contributed by atoms with van der Waals surface area (Å²) in [5, 5.41) is 5.77. The Labute approximate surface area is 123 Å². The average molecular weight is 343 g/mol. The molecule has 0 aliphatic heterocycles. The zero-order chi connectivity index (χ0) is 14.5. The Balaban J connectivity index is 2.26. The zero-order valence-corrected chi connectivity index (χ0v) is 12.3. The minimum Gasteiger partial charge on any atom is -0.354 e. The smallest absolute Gasteiger partial charge is 0.224 e. The van der Waals surface area contributed by atoms with E-state index in [9.17, 15) is 8.78 Å². The topological polar surface area (TPSA) is 49.8 Å². The fraction of sp³-hybridized carbons (Fsp3) is 0.231. The third-order valence-electron chi connectivity index (χ3n) is 2.48. The maximum atomic E-state index is 13.6. The molecule has 1 aromatic heterocycles. The minimum absolute atomic E-state index is 0.0193. The van der Waals surface area contributed by atoms with Gasteiger partial charge < -0.3 is 10.6 Å². The summed E-state index contributed by atoms with van der Waals surface area (Å²) in [6, 6.07) is 3.92. The Hall–Kier alpha value is -1.76. The summed E-state index contributed by atoms with van der Waals surface area (Å²) in [5.74, 6) is -1.07. The van der Waals surface area contributed by atoms with Gasteiger partial charge in [0.15, 0.2) is 11.6 Å². The van der Waals surface area contributed by atoms with Crippen molar-refractivity contribution in [1.29, 1.82) is 0 Å². The van der Waals surface area contributed by atoms with Crippen molar-refractivity contribution in [2.45, 2.75) is 13.3 Å². The SMILES string of the molecule is CCCNc1ncc(Br)c(Nc2cccc(F)c2F)n1. The number of rotatable bonds is 5. The highest BCUT2D eigenvalue weighted by Crippen LogP contribution is 2.26. The van der Waals surface area contributed by atoms with Crippen LogP contribution in [0.15, 0.2) is 28.9 Å². The van der Waals surface area contributed by atoms with Gasteiger partial charge >= 0.3 is 0 Å². The van der Waals surface area contributed by atoms with E-state index in [1.807, 2.05) is 6.92 Å². The van der Waals surface area contributed by atoms with Gasteiger partial charge in [0.25, 0.3) is 0 Å². The van der Waals surface area contributed by atoms with Crippen LogP contribution < -0.4 is 10.6 Å². The monoisotopic (exact) mass is 342 g/mol. The van der Waals surface area contributed by atoms with Crippen LogP contribution in [0, 0.1) is 11.6 Å². The number of anilines is 3. The predicted molar refractivity (Wildman–Crippen MR) is 78.2 cm³/mol. The normalized spacial score (nSPS) is 10.4. The molecule has 0 aliphatic carbocycles. The summed E-state index contributed by atoms with van der Waals surface area (Å²) in [5.41, 5.74) is 0.0193. The van der Waals surface area contributed by atoms with Gasteiger partial charge in [0.05, 0.1) is 10.2 Å². The first kappa shape index (κ1) is 14.6. The summed E-state index contributed by atoms with van der Waals surface area (Å²) in [7, 11) is 0. The molecule has 20 heavy (non-hydrogen) atoms. The Kier molecular flexibility index (Phi) is 4.84. The van der Waals surface area contributed by atoms with Crippen molar-refractivity contribution in [3.8, 4) is 0 Å². The van der Waals surface area contributed by atoms with E-state index in [2.05, 4.69) is 36.5 Å². The fourth-order valence-electron chi connectivity index (χ4n) is 1.50. The van der Waals surface area contributed by atoms with Crippen molar-refractivity contribution in [3.63, 3.8) is 0 Å². The van der Waals surface area contributed by atoms with E-state index < -0.39 is 11.6 Å². The lowest BCUT2D eigenvalue weighted by Gasteiger charge is -2.10. The molecule has 0 spiro atoms. The fourth-order valence-corrected chi connectivity index (χ4v) is 1.79. The second-order valence-corrected chi connectivity index (χ2v) is 4.90. The lowest BCUT2D eigenvalue weighted by Crippen LogP contribution is -2.06. The molecule has 2 aromatic rings. The van der Waals surface area contributed by atoms with Gasteiger partial charge in [-0.1, -0.05) is 13.0 Å². The second kappa shape index (κ2) is 6.60. The van der Waals surface area contributed by atoms with E-state index in [1.165, 1.54) is 12.1 Å². The molecular weight excluding hydrogens is 330 g/mol. The van der Waals surface area contributed by atoms with E-state index in [0.29, 0.717) is 16.2 Å². The van der Waals surface area contributed by atoms with Crippen molar-refractivity contribution in [3.05, 3.63) is 40.5 Å². The predicted octanol–water partition coefficient (Wildman–Crippen LogP) is 4.08. The molecule has 2 N–H and O–H groups in total. The van der Waals surface area contributed by atoms with Gasteiger partial charge in [-0.3, -0.25) is 0 Å². The lowest BCUT2D eigenvalue weighted by atomic mass is 10.3. The summed E-state index contributed by atoms with van der Waals surface area (Å²) < 4.78 is 27.3. The third kappa shape index (κ3) is 3.41. The van der Waals surface area contributed by atoms with E-state index in [4.69, 9.17) is 0 Å². The molecule has 7 heteroatoms. The van der Waals surface area contributed by atoms with Crippen LogP contribution in [0.5, 0.6) is 0 Å². The van der Waals surface area contributed by atoms with E-state index in [1.54, 1.807) is 6.20 Å². The van der Waals surface area contributed by atoms with Crippen molar-refractivity contribution >= 4 is 33.4 Å². The molecule has 0 amide bonds. The van der Waals surface area contributed by atoms with Gasteiger partial charge in [-0.05, 0) is 34.5 Å². The Bertz CT molecular complexity index is 607. The molecule has 1 aromatic carbocycles. The van der Waals surface area contributed by atoms with Crippen LogP contribution >= 0.6 is 15.9 Å². The molecular formula is C13H13BrF2N4. The highest BCUT2D eigenvalue weighted by atomic mass is 79.9. The van der Waals surface area contributed by atoms with Gasteiger partial charge in [-0.15, -0.1) is 0 Å². The average Bonchev–Trinajstić information content (AvgIpc) is 2.44. The van der Waals surface area contributed by atoms with Crippen molar-refractivity contribution in [2.75, 3.05) is 17.2 Å². The van der Waals surface area contributed by atoms with Gasteiger partial charge in [-0.2, -0.15) is 4.98 Å².